The van der Waals surface area contributed by atoms with E-state index in [0.29, 0.717) is 34.2 Å². The summed E-state index contributed by atoms with van der Waals surface area (Å²) in [5.74, 6) is 2.65. The second-order valence-electron chi connectivity index (χ2n) is 6.76. The molecule has 0 aliphatic carbocycles. The SMILES string of the molecule is COc1ccnc(NC(=O)c2cc(Oc3ccc(C)cc3)c3cc(C)oc3c2)c1.O=S=O. The van der Waals surface area contributed by atoms with E-state index in [1.165, 1.54) is 0 Å². The van der Waals surface area contributed by atoms with E-state index in [-0.39, 0.29) is 5.91 Å². The van der Waals surface area contributed by atoms with Gasteiger partial charge in [0.2, 0.25) is 0 Å². The monoisotopic (exact) mass is 452 g/mol. The van der Waals surface area contributed by atoms with E-state index in [9.17, 15) is 4.79 Å². The summed E-state index contributed by atoms with van der Waals surface area (Å²) in [6.45, 7) is 3.87. The number of amides is 1. The fraction of sp³-hybridized carbons (Fsp3) is 0.130. The van der Waals surface area contributed by atoms with Crippen molar-refractivity contribution in [2.75, 3.05) is 12.4 Å². The first kappa shape index (κ1) is 22.7. The number of hydrogen-bond donors (Lipinski definition) is 1. The molecular formula is C23H20N2O6S. The van der Waals surface area contributed by atoms with Crippen molar-refractivity contribution >= 4 is 34.3 Å². The van der Waals surface area contributed by atoms with Crippen molar-refractivity contribution in [3.63, 3.8) is 0 Å². The van der Waals surface area contributed by atoms with Gasteiger partial charge >= 0.3 is 11.6 Å². The average Bonchev–Trinajstić information content (AvgIpc) is 3.16. The van der Waals surface area contributed by atoms with Crippen LogP contribution in [0.3, 0.4) is 0 Å². The third-order valence-corrected chi connectivity index (χ3v) is 4.44. The van der Waals surface area contributed by atoms with Crippen LogP contribution >= 0.6 is 0 Å². The zero-order valence-electron chi connectivity index (χ0n) is 17.6. The minimum Gasteiger partial charge on any atom is -0.497 e. The van der Waals surface area contributed by atoms with Crippen molar-refractivity contribution in [1.82, 2.24) is 4.98 Å². The van der Waals surface area contributed by atoms with Gasteiger partial charge in [0, 0.05) is 17.8 Å². The number of carbonyl (C=O) groups is 1. The van der Waals surface area contributed by atoms with Gasteiger partial charge in [-0.1, -0.05) is 17.7 Å². The Balaban J connectivity index is 0.000000913. The van der Waals surface area contributed by atoms with E-state index in [1.807, 2.05) is 44.2 Å². The van der Waals surface area contributed by atoms with Crippen molar-refractivity contribution in [3.05, 3.63) is 77.7 Å². The summed E-state index contributed by atoms with van der Waals surface area (Å²) in [5.41, 5.74) is 2.12. The van der Waals surface area contributed by atoms with E-state index in [1.54, 1.807) is 37.6 Å². The molecular weight excluding hydrogens is 432 g/mol. The first-order valence-corrected chi connectivity index (χ1v) is 10.1. The van der Waals surface area contributed by atoms with Crippen LogP contribution in [0.5, 0.6) is 17.2 Å². The van der Waals surface area contributed by atoms with Crippen molar-refractivity contribution in [3.8, 4) is 17.2 Å². The molecule has 0 bridgehead atoms. The lowest BCUT2D eigenvalue weighted by atomic mass is 10.1. The standard InChI is InChI=1S/C23H20N2O4.O2S/c1-14-4-6-17(7-5-14)29-21-12-16(11-20-19(21)10-15(2)28-20)23(26)25-22-13-18(27-3)8-9-24-22;1-3-2/h4-13H,1-3H3,(H,24,25,26);. The Morgan fingerprint density at radius 3 is 2.41 bits per heavy atom. The number of carbonyl (C=O) groups excluding carboxylic acids is 1. The molecule has 0 saturated carbocycles. The smallest absolute Gasteiger partial charge is 0.335 e. The van der Waals surface area contributed by atoms with E-state index in [0.717, 1.165) is 16.7 Å². The summed E-state index contributed by atoms with van der Waals surface area (Å²) in [7, 11) is 1.56. The summed E-state index contributed by atoms with van der Waals surface area (Å²) >= 11 is -0.750. The fourth-order valence-electron chi connectivity index (χ4n) is 2.98. The van der Waals surface area contributed by atoms with Gasteiger partial charge in [-0.05, 0) is 50.2 Å². The number of nitrogens with zero attached hydrogens (tertiary/aromatic N) is 1. The molecule has 0 spiro atoms. The number of nitrogens with one attached hydrogen (secondary N) is 1. The summed E-state index contributed by atoms with van der Waals surface area (Å²) in [4.78, 5) is 17.0. The Morgan fingerprint density at radius 1 is 1.00 bits per heavy atom. The molecule has 1 amide bonds. The highest BCUT2D eigenvalue weighted by Crippen LogP contribution is 2.34. The molecule has 32 heavy (non-hydrogen) atoms. The maximum absolute atomic E-state index is 12.8. The van der Waals surface area contributed by atoms with Gasteiger partial charge in [-0.25, -0.2) is 4.98 Å². The van der Waals surface area contributed by atoms with Crippen LogP contribution in [0.15, 0.2) is 65.2 Å². The predicted molar refractivity (Wildman–Crippen MR) is 120 cm³/mol. The van der Waals surface area contributed by atoms with E-state index >= 15 is 0 Å². The molecule has 0 atom stereocenters. The number of benzene rings is 2. The number of pyridine rings is 1. The molecule has 2 aromatic heterocycles. The van der Waals surface area contributed by atoms with Crippen LogP contribution in [-0.2, 0) is 11.6 Å². The van der Waals surface area contributed by atoms with Crippen molar-refractivity contribution in [2.45, 2.75) is 13.8 Å². The number of rotatable bonds is 5. The normalized spacial score (nSPS) is 10.1. The lowest BCUT2D eigenvalue weighted by Gasteiger charge is -2.10. The summed E-state index contributed by atoms with van der Waals surface area (Å²) in [6, 6.07) is 16.4. The van der Waals surface area contributed by atoms with E-state index in [4.69, 9.17) is 22.3 Å². The Kier molecular flexibility index (Phi) is 7.35. The zero-order chi connectivity index (χ0) is 23.1. The Bertz CT molecular complexity index is 1280. The molecule has 0 saturated heterocycles. The first-order valence-electron chi connectivity index (χ1n) is 9.45. The molecule has 2 aromatic carbocycles. The third kappa shape index (κ3) is 5.58. The van der Waals surface area contributed by atoms with Crippen LogP contribution in [0.4, 0.5) is 5.82 Å². The molecule has 1 N–H and O–H groups in total. The maximum Gasteiger partial charge on any atom is 0.335 e. The van der Waals surface area contributed by atoms with Gasteiger partial charge in [-0.2, -0.15) is 8.42 Å². The van der Waals surface area contributed by atoms with Gasteiger partial charge in [0.1, 0.15) is 34.4 Å². The Morgan fingerprint density at radius 2 is 1.72 bits per heavy atom. The van der Waals surface area contributed by atoms with Crippen molar-refractivity contribution < 1.29 is 27.1 Å². The second kappa shape index (κ2) is 10.4. The number of aromatic nitrogens is 1. The van der Waals surface area contributed by atoms with Crippen LogP contribution in [0.1, 0.15) is 21.7 Å². The largest absolute Gasteiger partial charge is 0.497 e. The molecule has 4 aromatic rings. The predicted octanol–water partition coefficient (Wildman–Crippen LogP) is 4.83. The molecule has 0 aliphatic heterocycles. The summed E-state index contributed by atoms with van der Waals surface area (Å²) in [5, 5.41) is 3.58. The number of hydrogen-bond acceptors (Lipinski definition) is 7. The molecule has 8 nitrogen and oxygen atoms in total. The highest BCUT2D eigenvalue weighted by molar-refractivity contribution is 7.51. The Labute approximate surface area is 187 Å². The Hall–Kier alpha value is -3.98. The van der Waals surface area contributed by atoms with Gasteiger partial charge in [0.25, 0.3) is 5.91 Å². The number of furan rings is 1. The fourth-order valence-corrected chi connectivity index (χ4v) is 2.98. The third-order valence-electron chi connectivity index (χ3n) is 4.44. The molecule has 0 radical (unpaired) electrons. The number of fused-ring (bicyclic) bond motifs is 1. The van der Waals surface area contributed by atoms with Crippen molar-refractivity contribution in [2.24, 2.45) is 0 Å². The van der Waals surface area contributed by atoms with Crippen molar-refractivity contribution in [1.29, 1.82) is 0 Å². The van der Waals surface area contributed by atoms with Gasteiger partial charge in [-0.3, -0.25) is 4.79 Å². The molecule has 0 aliphatic rings. The lowest BCUT2D eigenvalue weighted by molar-refractivity contribution is 0.102. The van der Waals surface area contributed by atoms with Crippen LogP contribution in [0.2, 0.25) is 0 Å². The molecule has 9 heteroatoms. The minimum atomic E-state index is -0.750. The van der Waals surface area contributed by atoms with E-state index in [2.05, 4.69) is 10.3 Å². The highest BCUT2D eigenvalue weighted by atomic mass is 32.1. The van der Waals surface area contributed by atoms with Gasteiger partial charge < -0.3 is 19.2 Å². The topological polar surface area (TPSA) is 108 Å². The lowest BCUT2D eigenvalue weighted by Crippen LogP contribution is -2.13. The number of anilines is 1. The van der Waals surface area contributed by atoms with Crippen LogP contribution in [0.25, 0.3) is 11.0 Å². The second-order valence-corrected chi connectivity index (χ2v) is 6.90. The van der Waals surface area contributed by atoms with Gasteiger partial charge in [0.15, 0.2) is 0 Å². The molecule has 4 rings (SSSR count). The number of aryl methyl sites for hydroxylation is 2. The maximum atomic E-state index is 12.8. The average molecular weight is 452 g/mol. The van der Waals surface area contributed by atoms with Crippen LogP contribution in [-0.4, -0.2) is 26.4 Å². The van der Waals surface area contributed by atoms with Gasteiger partial charge in [-0.15, -0.1) is 0 Å². The first-order chi connectivity index (χ1) is 15.4. The zero-order valence-corrected chi connectivity index (χ0v) is 18.4. The number of ether oxygens (including phenoxy) is 2. The molecule has 164 valence electrons. The van der Waals surface area contributed by atoms with E-state index < -0.39 is 11.6 Å². The summed E-state index contributed by atoms with van der Waals surface area (Å²) < 4.78 is 33.6. The minimum absolute atomic E-state index is 0.324. The van der Waals surface area contributed by atoms with Crippen LogP contribution < -0.4 is 14.8 Å². The highest BCUT2D eigenvalue weighted by Gasteiger charge is 2.16. The molecule has 2 heterocycles. The molecule has 0 fully saturated rings. The van der Waals surface area contributed by atoms with Crippen LogP contribution in [0, 0.1) is 13.8 Å². The quantitative estimate of drug-likeness (QED) is 0.462. The number of methoxy groups -OCH3 is 1. The molecule has 0 unspecified atom stereocenters. The summed E-state index contributed by atoms with van der Waals surface area (Å²) in [6.07, 6.45) is 1.57. The van der Waals surface area contributed by atoms with Gasteiger partial charge in [0.05, 0.1) is 12.5 Å².